The summed E-state index contributed by atoms with van der Waals surface area (Å²) in [6.07, 6.45) is 1.87. The Bertz CT molecular complexity index is 1350. The second-order valence-corrected chi connectivity index (χ2v) is 7.83. The minimum Gasteiger partial charge on any atom is -0.458 e. The van der Waals surface area contributed by atoms with E-state index >= 15 is 0 Å². The molecular weight excluding hydrogens is 446 g/mol. The van der Waals surface area contributed by atoms with Crippen molar-refractivity contribution >= 4 is 11.7 Å². The Morgan fingerprint density at radius 3 is 2.54 bits per heavy atom. The summed E-state index contributed by atoms with van der Waals surface area (Å²) in [6.45, 7) is 1.74. The van der Waals surface area contributed by atoms with E-state index in [0.29, 0.717) is 17.2 Å². The Kier molecular flexibility index (Phi) is 6.43. The third-order valence-corrected chi connectivity index (χ3v) is 5.42. The van der Waals surface area contributed by atoms with E-state index < -0.39 is 5.97 Å². The molecule has 0 unspecified atom stereocenters. The summed E-state index contributed by atoms with van der Waals surface area (Å²) < 4.78 is 17.9. The average Bonchev–Trinajstić information content (AvgIpc) is 3.55. The summed E-state index contributed by atoms with van der Waals surface area (Å²) in [5.41, 5.74) is 4.80. The number of benzene rings is 3. The van der Waals surface area contributed by atoms with E-state index in [1.54, 1.807) is 11.6 Å². The van der Waals surface area contributed by atoms with Gasteiger partial charge < -0.3 is 19.0 Å². The Balaban J connectivity index is 1.23. The van der Waals surface area contributed by atoms with Crippen LogP contribution in [0.2, 0.25) is 0 Å². The van der Waals surface area contributed by atoms with Crippen molar-refractivity contribution in [2.24, 2.45) is 5.16 Å². The lowest BCUT2D eigenvalue weighted by atomic mass is 10.1. The Morgan fingerprint density at radius 2 is 1.74 bits per heavy atom. The fourth-order valence-corrected chi connectivity index (χ4v) is 3.62. The topological polar surface area (TPSA) is 84.2 Å². The summed E-state index contributed by atoms with van der Waals surface area (Å²) in [5, 5.41) is 8.75. The van der Waals surface area contributed by atoms with Crippen molar-refractivity contribution in [2.45, 2.75) is 13.5 Å². The molecule has 0 radical (unpaired) electrons. The van der Waals surface area contributed by atoms with E-state index in [1.807, 2.05) is 85.1 Å². The van der Waals surface area contributed by atoms with Gasteiger partial charge in [0.1, 0.15) is 6.61 Å². The standard InChI is InChI=1S/C27H23N3O5/c1-19(21-12-13-24-25(14-21)34-18-33-24)29-35-17-26(31)32-16-22-15-30(23-10-6-3-7-11-23)28-27(22)20-8-4-2-5-9-20/h2-15H,16-18H2,1H3. The molecule has 0 saturated carbocycles. The molecule has 0 aliphatic carbocycles. The zero-order valence-electron chi connectivity index (χ0n) is 19.1. The fraction of sp³-hybridized carbons (Fsp3) is 0.148. The number of fused-ring (bicyclic) bond motifs is 1. The molecule has 5 rings (SSSR count). The number of hydrogen-bond acceptors (Lipinski definition) is 7. The number of carbonyl (C=O) groups is 1. The van der Waals surface area contributed by atoms with Gasteiger partial charge in [-0.2, -0.15) is 5.10 Å². The second-order valence-electron chi connectivity index (χ2n) is 7.83. The largest absolute Gasteiger partial charge is 0.458 e. The Labute approximate surface area is 202 Å². The van der Waals surface area contributed by atoms with Crippen molar-refractivity contribution in [3.8, 4) is 28.4 Å². The van der Waals surface area contributed by atoms with Crippen LogP contribution < -0.4 is 9.47 Å². The molecule has 1 aromatic heterocycles. The molecule has 0 spiro atoms. The van der Waals surface area contributed by atoms with Crippen LogP contribution in [0.4, 0.5) is 0 Å². The van der Waals surface area contributed by atoms with Gasteiger partial charge >= 0.3 is 5.97 Å². The van der Waals surface area contributed by atoms with Gasteiger partial charge in [-0.3, -0.25) is 0 Å². The maximum atomic E-state index is 12.3. The van der Waals surface area contributed by atoms with E-state index in [4.69, 9.17) is 24.1 Å². The van der Waals surface area contributed by atoms with Gasteiger partial charge in [0.15, 0.2) is 11.5 Å². The Morgan fingerprint density at radius 1 is 1.00 bits per heavy atom. The SMILES string of the molecule is CC(=NOCC(=O)OCc1cn(-c2ccccc2)nc1-c1ccccc1)c1ccc2c(c1)OCO2. The molecule has 4 aromatic rings. The zero-order chi connectivity index (χ0) is 24.0. The highest BCUT2D eigenvalue weighted by molar-refractivity contribution is 5.99. The number of carbonyl (C=O) groups excluding carboxylic acids is 1. The third kappa shape index (κ3) is 5.16. The molecule has 176 valence electrons. The monoisotopic (exact) mass is 469 g/mol. The highest BCUT2D eigenvalue weighted by Crippen LogP contribution is 2.32. The van der Waals surface area contributed by atoms with Crippen LogP contribution in [0, 0.1) is 0 Å². The van der Waals surface area contributed by atoms with Gasteiger partial charge in [-0.15, -0.1) is 0 Å². The number of hydrogen-bond donors (Lipinski definition) is 0. The molecule has 35 heavy (non-hydrogen) atoms. The van der Waals surface area contributed by atoms with Crippen LogP contribution in [-0.2, 0) is 21.0 Å². The first-order valence-corrected chi connectivity index (χ1v) is 11.1. The van der Waals surface area contributed by atoms with Crippen molar-refractivity contribution in [1.82, 2.24) is 9.78 Å². The molecule has 0 N–H and O–H groups in total. The molecule has 8 heteroatoms. The van der Waals surface area contributed by atoms with Crippen LogP contribution in [0.25, 0.3) is 16.9 Å². The van der Waals surface area contributed by atoms with Crippen molar-refractivity contribution in [2.75, 3.05) is 13.4 Å². The molecule has 0 fully saturated rings. The Hall–Kier alpha value is -4.59. The predicted molar refractivity (Wildman–Crippen MR) is 130 cm³/mol. The van der Waals surface area contributed by atoms with Crippen LogP contribution in [0.5, 0.6) is 11.5 Å². The molecule has 2 heterocycles. The molecule has 1 aliphatic rings. The number of nitrogens with zero attached hydrogens (tertiary/aromatic N) is 3. The summed E-state index contributed by atoms with van der Waals surface area (Å²) in [7, 11) is 0. The van der Waals surface area contributed by atoms with Gasteiger partial charge in [-0.1, -0.05) is 53.7 Å². The van der Waals surface area contributed by atoms with Gasteiger partial charge in [-0.05, 0) is 37.3 Å². The van der Waals surface area contributed by atoms with Crippen molar-refractivity contribution in [3.05, 3.63) is 96.2 Å². The van der Waals surface area contributed by atoms with Crippen LogP contribution in [0.3, 0.4) is 0 Å². The van der Waals surface area contributed by atoms with Crippen molar-refractivity contribution in [1.29, 1.82) is 0 Å². The summed E-state index contributed by atoms with van der Waals surface area (Å²) in [6, 6.07) is 25.0. The zero-order valence-corrected chi connectivity index (χ0v) is 19.1. The minimum absolute atomic E-state index is 0.0596. The van der Waals surface area contributed by atoms with E-state index in [1.165, 1.54) is 0 Å². The number of esters is 1. The molecule has 3 aromatic carbocycles. The maximum absolute atomic E-state index is 12.3. The van der Waals surface area contributed by atoms with Gasteiger partial charge in [0.05, 0.1) is 17.1 Å². The number of aromatic nitrogens is 2. The molecule has 8 nitrogen and oxygen atoms in total. The van der Waals surface area contributed by atoms with E-state index in [-0.39, 0.29) is 20.0 Å². The lowest BCUT2D eigenvalue weighted by molar-refractivity contribution is -0.150. The number of ether oxygens (including phenoxy) is 3. The molecular formula is C27H23N3O5. The summed E-state index contributed by atoms with van der Waals surface area (Å²) in [4.78, 5) is 17.6. The van der Waals surface area contributed by atoms with Crippen molar-refractivity contribution in [3.63, 3.8) is 0 Å². The number of oxime groups is 1. The first kappa shape index (κ1) is 22.2. The minimum atomic E-state index is -0.529. The molecule has 1 aliphatic heterocycles. The van der Waals surface area contributed by atoms with Crippen LogP contribution in [0.15, 0.2) is 90.2 Å². The van der Waals surface area contributed by atoms with E-state index in [9.17, 15) is 4.79 Å². The van der Waals surface area contributed by atoms with E-state index in [2.05, 4.69) is 5.16 Å². The van der Waals surface area contributed by atoms with Gasteiger partial charge in [0.2, 0.25) is 13.4 Å². The molecule has 0 amide bonds. The quantitative estimate of drug-likeness (QED) is 0.210. The lowest BCUT2D eigenvalue weighted by Gasteiger charge is -2.06. The molecule has 0 bridgehead atoms. The lowest BCUT2D eigenvalue weighted by Crippen LogP contribution is -2.11. The first-order chi connectivity index (χ1) is 17.2. The van der Waals surface area contributed by atoms with Crippen molar-refractivity contribution < 1.29 is 23.8 Å². The van der Waals surface area contributed by atoms with Gasteiger partial charge in [-0.25, -0.2) is 9.48 Å². The summed E-state index contributed by atoms with van der Waals surface area (Å²) >= 11 is 0. The molecule has 0 atom stereocenters. The van der Waals surface area contributed by atoms with Crippen LogP contribution in [-0.4, -0.2) is 34.9 Å². The number of para-hydroxylation sites is 1. The van der Waals surface area contributed by atoms with E-state index in [0.717, 1.165) is 28.1 Å². The predicted octanol–water partition coefficient (Wildman–Crippen LogP) is 4.75. The van der Waals surface area contributed by atoms with Crippen LogP contribution >= 0.6 is 0 Å². The van der Waals surface area contributed by atoms with Crippen LogP contribution in [0.1, 0.15) is 18.1 Å². The van der Waals surface area contributed by atoms with Gasteiger partial charge in [0, 0.05) is 22.9 Å². The fourth-order valence-electron chi connectivity index (χ4n) is 3.62. The number of rotatable bonds is 8. The van der Waals surface area contributed by atoms with Gasteiger partial charge in [0.25, 0.3) is 0 Å². The maximum Gasteiger partial charge on any atom is 0.347 e. The highest BCUT2D eigenvalue weighted by atomic mass is 16.7. The normalized spacial score (nSPS) is 12.4. The smallest absolute Gasteiger partial charge is 0.347 e. The highest BCUT2D eigenvalue weighted by Gasteiger charge is 2.16. The first-order valence-electron chi connectivity index (χ1n) is 11.1. The molecule has 0 saturated heterocycles. The third-order valence-electron chi connectivity index (χ3n) is 5.42. The average molecular weight is 469 g/mol. The summed E-state index contributed by atoms with van der Waals surface area (Å²) in [5.74, 6) is 0.817. The second kappa shape index (κ2) is 10.1.